The number of alkyl halides is 1. The second-order valence-corrected chi connectivity index (χ2v) is 2.28. The highest BCUT2D eigenvalue weighted by Crippen LogP contribution is 2.23. The molecule has 1 nitrogen and oxygen atoms in total. The number of hydrogen-bond acceptors (Lipinski definition) is 1. The highest BCUT2D eigenvalue weighted by Gasteiger charge is 2.24. The van der Waals surface area contributed by atoms with Crippen molar-refractivity contribution in [3.63, 3.8) is 0 Å². The number of Topliss-reactive ketones (excluding diaryl/α,β-unsaturated/α-hetero) is 1. The maximum absolute atomic E-state index is 10.2. The highest BCUT2D eigenvalue weighted by molar-refractivity contribution is 6.18. The summed E-state index contributed by atoms with van der Waals surface area (Å²) in [4.78, 5) is 10.2. The van der Waals surface area contributed by atoms with E-state index in [0.717, 1.165) is 12.8 Å². The Hall–Kier alpha value is -0.0400. The van der Waals surface area contributed by atoms with Gasteiger partial charge in [0.25, 0.3) is 0 Å². The minimum Gasteiger partial charge on any atom is -0.300 e. The third-order valence-electron chi connectivity index (χ3n) is 1.25. The first kappa shape index (κ1) is 5.10. The summed E-state index contributed by atoms with van der Waals surface area (Å²) >= 11 is 5.42. The second-order valence-electron chi connectivity index (χ2n) is 1.97. The van der Waals surface area contributed by atoms with Gasteiger partial charge in [0.05, 0.1) is 0 Å². The first-order valence-corrected chi connectivity index (χ1v) is 2.94. The number of rotatable bonds is 1. The van der Waals surface area contributed by atoms with Gasteiger partial charge in [-0.2, -0.15) is 0 Å². The summed E-state index contributed by atoms with van der Waals surface area (Å²) < 4.78 is 0. The lowest BCUT2D eigenvalue weighted by Crippen LogP contribution is -2.23. The Kier molecular flexibility index (Phi) is 1.33. The lowest BCUT2D eigenvalue weighted by molar-refractivity contribution is -0.126. The third kappa shape index (κ3) is 0.942. The van der Waals surface area contributed by atoms with Gasteiger partial charge in [-0.3, -0.25) is 4.79 Å². The molecule has 7 heavy (non-hydrogen) atoms. The maximum atomic E-state index is 10.2. The van der Waals surface area contributed by atoms with Crippen molar-refractivity contribution in [1.82, 2.24) is 0 Å². The molecule has 40 valence electrons. The van der Waals surface area contributed by atoms with Crippen molar-refractivity contribution < 1.29 is 4.79 Å². The van der Waals surface area contributed by atoms with Crippen LogP contribution in [-0.4, -0.2) is 11.7 Å². The van der Waals surface area contributed by atoms with E-state index in [1.165, 1.54) is 0 Å². The minimum absolute atomic E-state index is 0.366. The zero-order chi connectivity index (χ0) is 5.28. The largest absolute Gasteiger partial charge is 0.300 e. The summed E-state index contributed by atoms with van der Waals surface area (Å²) in [5, 5.41) is 0. The third-order valence-corrected chi connectivity index (χ3v) is 1.69. The van der Waals surface area contributed by atoms with E-state index >= 15 is 0 Å². The lowest BCUT2D eigenvalue weighted by atomic mass is 9.86. The molecule has 0 atom stereocenters. The van der Waals surface area contributed by atoms with E-state index in [1.807, 2.05) is 0 Å². The van der Waals surface area contributed by atoms with Crippen LogP contribution in [0.25, 0.3) is 0 Å². The van der Waals surface area contributed by atoms with Crippen molar-refractivity contribution >= 4 is 17.4 Å². The molecule has 1 aliphatic carbocycles. The molecule has 0 aromatic carbocycles. The van der Waals surface area contributed by atoms with E-state index in [9.17, 15) is 4.79 Å². The van der Waals surface area contributed by atoms with Crippen LogP contribution < -0.4 is 0 Å². The molecule has 0 saturated heterocycles. The van der Waals surface area contributed by atoms with Crippen molar-refractivity contribution in [3.8, 4) is 0 Å². The van der Waals surface area contributed by atoms with Gasteiger partial charge in [-0.05, 0) is 5.92 Å². The molecule has 2 heteroatoms. The van der Waals surface area contributed by atoms with E-state index in [2.05, 4.69) is 0 Å². The zero-order valence-corrected chi connectivity index (χ0v) is 4.74. The molecule has 0 heterocycles. The zero-order valence-electron chi connectivity index (χ0n) is 3.98. The van der Waals surface area contributed by atoms with Gasteiger partial charge in [-0.25, -0.2) is 0 Å². The van der Waals surface area contributed by atoms with Crippen LogP contribution in [0.2, 0.25) is 0 Å². The molecular weight excluding hydrogens is 112 g/mol. The summed E-state index contributed by atoms with van der Waals surface area (Å²) in [6.45, 7) is 0. The Morgan fingerprint density at radius 2 is 2.29 bits per heavy atom. The van der Waals surface area contributed by atoms with Gasteiger partial charge < -0.3 is 0 Å². The van der Waals surface area contributed by atoms with Crippen LogP contribution in [0.15, 0.2) is 0 Å². The molecule has 0 aromatic rings. The quantitative estimate of drug-likeness (QED) is 0.473. The Bertz CT molecular complexity index is 82.1. The number of ketones is 1. The smallest absolute Gasteiger partial charge is 0.133 e. The molecule has 0 spiro atoms. The van der Waals surface area contributed by atoms with E-state index < -0.39 is 0 Å². The van der Waals surface area contributed by atoms with Gasteiger partial charge >= 0.3 is 0 Å². The Morgan fingerprint density at radius 3 is 2.43 bits per heavy atom. The number of carbonyl (C=O) groups excluding carboxylic acids is 1. The van der Waals surface area contributed by atoms with Crippen LogP contribution in [0.4, 0.5) is 0 Å². The SMILES string of the molecule is O=C1CC(CCl)C1. The fourth-order valence-electron chi connectivity index (χ4n) is 0.693. The van der Waals surface area contributed by atoms with E-state index in [1.54, 1.807) is 0 Å². The van der Waals surface area contributed by atoms with Gasteiger partial charge in [-0.1, -0.05) is 0 Å². The Labute approximate surface area is 47.7 Å². The van der Waals surface area contributed by atoms with E-state index in [0.29, 0.717) is 17.6 Å². The highest BCUT2D eigenvalue weighted by atomic mass is 35.5. The van der Waals surface area contributed by atoms with Gasteiger partial charge in [0, 0.05) is 18.7 Å². The summed E-state index contributed by atoms with van der Waals surface area (Å²) in [7, 11) is 0. The normalized spacial score (nSPS) is 22.1. The fraction of sp³-hybridized carbons (Fsp3) is 0.800. The van der Waals surface area contributed by atoms with Crippen molar-refractivity contribution in [3.05, 3.63) is 0 Å². The second kappa shape index (κ2) is 1.83. The van der Waals surface area contributed by atoms with E-state index in [4.69, 9.17) is 11.6 Å². The molecule has 1 fully saturated rings. The van der Waals surface area contributed by atoms with Crippen molar-refractivity contribution in [1.29, 1.82) is 0 Å². The van der Waals surface area contributed by atoms with Crippen LogP contribution in [0.5, 0.6) is 0 Å². The van der Waals surface area contributed by atoms with Crippen LogP contribution in [0.1, 0.15) is 12.8 Å². The number of hydrogen-bond donors (Lipinski definition) is 0. The molecule has 1 rings (SSSR count). The van der Waals surface area contributed by atoms with E-state index in [-0.39, 0.29) is 0 Å². The topological polar surface area (TPSA) is 17.1 Å². The molecule has 0 N–H and O–H groups in total. The maximum Gasteiger partial charge on any atom is 0.133 e. The van der Waals surface area contributed by atoms with Crippen LogP contribution in [0, 0.1) is 5.92 Å². The standard InChI is InChI=1S/C5H7ClO/c6-3-4-1-5(7)2-4/h4H,1-3H2. The first-order valence-electron chi connectivity index (χ1n) is 2.40. The predicted molar refractivity (Wildman–Crippen MR) is 28.5 cm³/mol. The summed E-state index contributed by atoms with van der Waals surface area (Å²) in [5.74, 6) is 1.53. The molecule has 1 aliphatic rings. The molecule has 0 amide bonds. The molecular formula is C5H7ClO. The Morgan fingerprint density at radius 1 is 1.71 bits per heavy atom. The lowest BCUT2D eigenvalue weighted by Gasteiger charge is -2.20. The summed E-state index contributed by atoms with van der Waals surface area (Å²) in [5.41, 5.74) is 0. The summed E-state index contributed by atoms with van der Waals surface area (Å²) in [6.07, 6.45) is 1.45. The van der Waals surface area contributed by atoms with Crippen molar-refractivity contribution in [2.45, 2.75) is 12.8 Å². The van der Waals surface area contributed by atoms with Crippen LogP contribution in [0.3, 0.4) is 0 Å². The Balaban J connectivity index is 2.17. The molecule has 0 bridgehead atoms. The van der Waals surface area contributed by atoms with Crippen molar-refractivity contribution in [2.75, 3.05) is 5.88 Å². The molecule has 0 aromatic heterocycles. The van der Waals surface area contributed by atoms with Gasteiger partial charge in [0.1, 0.15) is 5.78 Å². The van der Waals surface area contributed by atoms with Crippen LogP contribution in [-0.2, 0) is 4.79 Å². The first-order chi connectivity index (χ1) is 3.33. The predicted octanol–water partition coefficient (Wildman–Crippen LogP) is 1.20. The average Bonchev–Trinajstić information content (AvgIpc) is 1.58. The van der Waals surface area contributed by atoms with Gasteiger partial charge in [0.2, 0.25) is 0 Å². The molecule has 0 radical (unpaired) electrons. The minimum atomic E-state index is 0.366. The average molecular weight is 119 g/mol. The van der Waals surface area contributed by atoms with Gasteiger partial charge in [0.15, 0.2) is 0 Å². The molecule has 0 unspecified atom stereocenters. The summed E-state index contributed by atoms with van der Waals surface area (Å²) in [6, 6.07) is 0. The molecule has 0 aliphatic heterocycles. The molecule has 1 saturated carbocycles. The monoisotopic (exact) mass is 118 g/mol. The number of halogens is 1. The van der Waals surface area contributed by atoms with Crippen LogP contribution >= 0.6 is 11.6 Å². The fourth-order valence-corrected chi connectivity index (χ4v) is 0.911. The van der Waals surface area contributed by atoms with Crippen molar-refractivity contribution in [2.24, 2.45) is 5.92 Å². The number of carbonyl (C=O) groups is 1. The van der Waals surface area contributed by atoms with Gasteiger partial charge in [-0.15, -0.1) is 11.6 Å².